The molecule has 0 bridgehead atoms. The molecule has 18 heavy (non-hydrogen) atoms. The van der Waals surface area contributed by atoms with E-state index < -0.39 is 0 Å². The molecule has 0 N–H and O–H groups in total. The summed E-state index contributed by atoms with van der Waals surface area (Å²) in [5.74, 6) is 1.51. The Balaban J connectivity index is 1.82. The van der Waals surface area contributed by atoms with Crippen molar-refractivity contribution in [3.8, 4) is 0 Å². The van der Waals surface area contributed by atoms with Gasteiger partial charge in [-0.2, -0.15) is 0 Å². The van der Waals surface area contributed by atoms with Gasteiger partial charge in [0, 0.05) is 18.0 Å². The molecule has 1 atom stereocenters. The van der Waals surface area contributed by atoms with Crippen molar-refractivity contribution in [1.82, 2.24) is 4.90 Å². The Kier molecular flexibility index (Phi) is 4.70. The van der Waals surface area contributed by atoms with Crippen LogP contribution in [0.2, 0.25) is 0 Å². The predicted octanol–water partition coefficient (Wildman–Crippen LogP) is 3.35. The molecule has 0 saturated carbocycles. The van der Waals surface area contributed by atoms with Crippen molar-refractivity contribution in [1.29, 1.82) is 0 Å². The third-order valence-electron chi connectivity index (χ3n) is 3.39. The van der Waals surface area contributed by atoms with Gasteiger partial charge in [0.25, 0.3) is 0 Å². The second kappa shape index (κ2) is 6.28. The molecular weight excluding hydrogens is 242 g/mol. The van der Waals surface area contributed by atoms with Crippen LogP contribution in [0.15, 0.2) is 29.2 Å². The van der Waals surface area contributed by atoms with Crippen molar-refractivity contribution in [2.45, 2.75) is 31.6 Å². The second-order valence-electron chi connectivity index (χ2n) is 5.19. The van der Waals surface area contributed by atoms with Crippen LogP contribution in [0, 0.1) is 12.8 Å². The number of nitrogens with zero attached hydrogens (tertiary/aromatic N) is 1. The number of hydrogen-bond donors (Lipinski definition) is 0. The zero-order valence-corrected chi connectivity index (χ0v) is 12.0. The number of benzene rings is 1. The summed E-state index contributed by atoms with van der Waals surface area (Å²) in [6.45, 7) is 6.19. The van der Waals surface area contributed by atoms with Crippen LogP contribution in [0.25, 0.3) is 0 Å². The molecule has 0 radical (unpaired) electrons. The minimum atomic E-state index is 0.284. The zero-order chi connectivity index (χ0) is 13.0. The van der Waals surface area contributed by atoms with Gasteiger partial charge in [0.15, 0.2) is 0 Å². The smallest absolute Gasteiger partial charge is 0.232 e. The van der Waals surface area contributed by atoms with E-state index in [4.69, 9.17) is 0 Å². The van der Waals surface area contributed by atoms with Gasteiger partial charge in [-0.25, -0.2) is 0 Å². The van der Waals surface area contributed by atoms with Gasteiger partial charge < -0.3 is 4.90 Å². The molecule has 2 rings (SSSR count). The highest BCUT2D eigenvalue weighted by molar-refractivity contribution is 8.00. The van der Waals surface area contributed by atoms with Crippen LogP contribution in [0.5, 0.6) is 0 Å². The normalized spacial score (nSPS) is 19.9. The van der Waals surface area contributed by atoms with E-state index in [1.54, 1.807) is 11.8 Å². The van der Waals surface area contributed by atoms with Gasteiger partial charge in [-0.1, -0.05) is 24.6 Å². The van der Waals surface area contributed by atoms with E-state index in [0.29, 0.717) is 11.7 Å². The molecule has 0 spiro atoms. The quantitative estimate of drug-likeness (QED) is 0.780. The monoisotopic (exact) mass is 263 g/mol. The summed E-state index contributed by atoms with van der Waals surface area (Å²) in [5, 5.41) is 0. The summed E-state index contributed by atoms with van der Waals surface area (Å²) in [7, 11) is 0. The first-order valence-corrected chi connectivity index (χ1v) is 7.61. The summed E-state index contributed by atoms with van der Waals surface area (Å²) in [5.41, 5.74) is 1.26. The lowest BCUT2D eigenvalue weighted by molar-refractivity contribution is -0.130. The number of hydrogen-bond acceptors (Lipinski definition) is 2. The summed E-state index contributed by atoms with van der Waals surface area (Å²) < 4.78 is 0. The van der Waals surface area contributed by atoms with Crippen molar-refractivity contribution >= 4 is 17.7 Å². The Morgan fingerprint density at radius 3 is 2.78 bits per heavy atom. The van der Waals surface area contributed by atoms with E-state index in [1.165, 1.54) is 16.9 Å². The lowest BCUT2D eigenvalue weighted by atomic mass is 10.0. The summed E-state index contributed by atoms with van der Waals surface area (Å²) in [6.07, 6.45) is 2.41. The van der Waals surface area contributed by atoms with Crippen molar-refractivity contribution in [2.24, 2.45) is 5.92 Å². The molecule has 0 unspecified atom stereocenters. The molecule has 1 saturated heterocycles. The highest BCUT2D eigenvalue weighted by atomic mass is 32.2. The number of aryl methyl sites for hydroxylation is 1. The molecule has 1 aliphatic rings. The molecule has 1 aliphatic heterocycles. The Labute approximate surface area is 114 Å². The van der Waals surface area contributed by atoms with Crippen molar-refractivity contribution < 1.29 is 4.79 Å². The zero-order valence-electron chi connectivity index (χ0n) is 11.2. The lowest BCUT2D eigenvalue weighted by Gasteiger charge is -2.30. The molecule has 1 amide bonds. The fourth-order valence-corrected chi connectivity index (χ4v) is 3.09. The molecule has 98 valence electrons. The van der Waals surface area contributed by atoms with E-state index in [2.05, 4.69) is 38.1 Å². The highest BCUT2D eigenvalue weighted by Crippen LogP contribution is 2.21. The van der Waals surface area contributed by atoms with Crippen molar-refractivity contribution in [3.05, 3.63) is 29.8 Å². The fourth-order valence-electron chi connectivity index (χ4n) is 2.29. The number of likely N-dealkylation sites (tertiary alicyclic amines) is 1. The molecular formula is C15H21NOS. The van der Waals surface area contributed by atoms with Crippen molar-refractivity contribution in [3.63, 3.8) is 0 Å². The SMILES string of the molecule is Cc1ccc(SCC(=O)N2CCC[C@H](C)C2)cc1. The van der Waals surface area contributed by atoms with Crippen LogP contribution in [0.3, 0.4) is 0 Å². The first-order valence-electron chi connectivity index (χ1n) is 6.62. The Hall–Kier alpha value is -0.960. The maximum absolute atomic E-state index is 12.1. The predicted molar refractivity (Wildman–Crippen MR) is 76.9 cm³/mol. The summed E-state index contributed by atoms with van der Waals surface area (Å²) >= 11 is 1.64. The van der Waals surface area contributed by atoms with Gasteiger partial charge in [-0.15, -0.1) is 11.8 Å². The summed E-state index contributed by atoms with van der Waals surface area (Å²) in [6, 6.07) is 8.36. The first kappa shape index (κ1) is 13.5. The minimum Gasteiger partial charge on any atom is -0.342 e. The van der Waals surface area contributed by atoms with E-state index in [9.17, 15) is 4.79 Å². The average Bonchev–Trinajstić information content (AvgIpc) is 2.38. The number of carbonyl (C=O) groups is 1. The van der Waals surface area contributed by atoms with Crippen LogP contribution in [0.1, 0.15) is 25.3 Å². The standard InChI is InChI=1S/C15H21NOS/c1-12-5-7-14(8-6-12)18-11-15(17)16-9-3-4-13(2)10-16/h5-8,13H,3-4,9-11H2,1-2H3/t13-/m0/s1. The number of rotatable bonds is 3. The first-order chi connectivity index (χ1) is 8.65. The number of carbonyl (C=O) groups excluding carboxylic acids is 1. The molecule has 1 fully saturated rings. The molecule has 1 aromatic carbocycles. The van der Waals surface area contributed by atoms with E-state index in [0.717, 1.165) is 19.5 Å². The molecule has 3 heteroatoms. The topological polar surface area (TPSA) is 20.3 Å². The molecule has 2 nitrogen and oxygen atoms in total. The Morgan fingerprint density at radius 1 is 1.39 bits per heavy atom. The Morgan fingerprint density at radius 2 is 2.11 bits per heavy atom. The van der Waals surface area contributed by atoms with Gasteiger partial charge in [-0.3, -0.25) is 4.79 Å². The van der Waals surface area contributed by atoms with Gasteiger partial charge in [0.1, 0.15) is 0 Å². The van der Waals surface area contributed by atoms with E-state index >= 15 is 0 Å². The highest BCUT2D eigenvalue weighted by Gasteiger charge is 2.20. The van der Waals surface area contributed by atoms with Gasteiger partial charge >= 0.3 is 0 Å². The van der Waals surface area contributed by atoms with Crippen LogP contribution in [0.4, 0.5) is 0 Å². The van der Waals surface area contributed by atoms with Gasteiger partial charge in [0.05, 0.1) is 5.75 Å². The fraction of sp³-hybridized carbons (Fsp3) is 0.533. The van der Waals surface area contributed by atoms with Crippen LogP contribution >= 0.6 is 11.8 Å². The van der Waals surface area contributed by atoms with Gasteiger partial charge in [-0.05, 0) is 37.8 Å². The van der Waals surface area contributed by atoms with E-state index in [1.807, 2.05) is 4.90 Å². The van der Waals surface area contributed by atoms with Crippen molar-refractivity contribution in [2.75, 3.05) is 18.8 Å². The maximum atomic E-state index is 12.1. The third kappa shape index (κ3) is 3.77. The third-order valence-corrected chi connectivity index (χ3v) is 4.39. The van der Waals surface area contributed by atoms with E-state index in [-0.39, 0.29) is 5.91 Å². The molecule has 1 heterocycles. The Bertz CT molecular complexity index is 401. The van der Waals surface area contributed by atoms with Crippen LogP contribution < -0.4 is 0 Å². The van der Waals surface area contributed by atoms with Crippen LogP contribution in [-0.4, -0.2) is 29.6 Å². The minimum absolute atomic E-state index is 0.284. The second-order valence-corrected chi connectivity index (χ2v) is 6.24. The molecule has 0 aliphatic carbocycles. The van der Waals surface area contributed by atoms with Crippen LogP contribution in [-0.2, 0) is 4.79 Å². The largest absolute Gasteiger partial charge is 0.342 e. The summed E-state index contributed by atoms with van der Waals surface area (Å²) in [4.78, 5) is 15.3. The number of piperidine rings is 1. The molecule has 0 aromatic heterocycles. The average molecular weight is 263 g/mol. The lowest BCUT2D eigenvalue weighted by Crippen LogP contribution is -2.40. The number of amides is 1. The number of thioether (sulfide) groups is 1. The molecule has 1 aromatic rings. The van der Waals surface area contributed by atoms with Gasteiger partial charge in [0.2, 0.25) is 5.91 Å². The maximum Gasteiger partial charge on any atom is 0.232 e.